The van der Waals surface area contributed by atoms with Crippen molar-refractivity contribution in [1.29, 1.82) is 0 Å². The lowest BCUT2D eigenvalue weighted by atomic mass is 10.1. The van der Waals surface area contributed by atoms with Crippen molar-refractivity contribution in [2.45, 2.75) is 13.0 Å². The fraction of sp³-hybridized carbons (Fsp3) is 0.462. The molecule has 1 aliphatic rings. The largest absolute Gasteiger partial charge is 0.354 e. The van der Waals surface area contributed by atoms with Gasteiger partial charge in [-0.25, -0.2) is 4.98 Å². The van der Waals surface area contributed by atoms with Crippen LogP contribution >= 0.6 is 33.8 Å². The lowest BCUT2D eigenvalue weighted by Crippen LogP contribution is -2.40. The zero-order valence-corrected chi connectivity index (χ0v) is 14.4. The average Bonchev–Trinajstić information content (AvgIpc) is 2.82. The second-order valence-corrected chi connectivity index (χ2v) is 8.70. The quantitative estimate of drug-likeness (QED) is 0.761. The maximum Gasteiger partial charge on any atom is 0.156 e. The van der Waals surface area contributed by atoms with E-state index in [0.717, 1.165) is 11.4 Å². The summed E-state index contributed by atoms with van der Waals surface area (Å²) < 4.78 is 21.4. The Bertz CT molecular complexity index is 710. The van der Waals surface area contributed by atoms with Crippen molar-refractivity contribution in [3.8, 4) is 0 Å². The van der Waals surface area contributed by atoms with Crippen molar-refractivity contribution in [3.63, 3.8) is 0 Å². The molecule has 2 aromatic heterocycles. The molecule has 1 aliphatic heterocycles. The SMILES string of the molecule is CC(N)c1cc(Cl)c2c(Cl)ncn2c1N1CCS(O)(O)CC1. The first-order valence-corrected chi connectivity index (χ1v) is 9.53. The summed E-state index contributed by atoms with van der Waals surface area (Å²) in [5.74, 6) is 1.55. The number of nitrogens with two attached hydrogens (primary N) is 1. The van der Waals surface area contributed by atoms with Gasteiger partial charge in [0, 0.05) is 24.7 Å². The average molecular weight is 365 g/mol. The van der Waals surface area contributed by atoms with Gasteiger partial charge in [0.1, 0.15) is 17.7 Å². The van der Waals surface area contributed by atoms with Crippen molar-refractivity contribution >= 4 is 45.1 Å². The molecule has 3 rings (SSSR count). The highest BCUT2D eigenvalue weighted by molar-refractivity contribution is 8.24. The standard InChI is InChI=1S/C13H18Cl2N4O2S/c1-8(16)9-6-10(14)11-12(15)17-7-19(11)13(9)18-2-4-22(20,21)5-3-18/h6-8,20-21H,2-5,16H2,1H3. The minimum atomic E-state index is -2.46. The van der Waals surface area contributed by atoms with E-state index in [9.17, 15) is 9.11 Å². The third-order valence-corrected chi connectivity index (χ3v) is 6.12. The summed E-state index contributed by atoms with van der Waals surface area (Å²) in [5, 5.41) is 0.837. The van der Waals surface area contributed by atoms with Gasteiger partial charge in [0.15, 0.2) is 5.15 Å². The molecule has 22 heavy (non-hydrogen) atoms. The molecule has 9 heteroatoms. The summed E-state index contributed by atoms with van der Waals surface area (Å²) in [4.78, 5) is 6.21. The molecule has 122 valence electrons. The number of pyridine rings is 1. The number of rotatable bonds is 2. The normalized spacial score (nSPS) is 21.1. The molecule has 1 unspecified atom stereocenters. The number of hydrogen-bond acceptors (Lipinski definition) is 5. The molecule has 1 atom stereocenters. The lowest BCUT2D eigenvalue weighted by molar-refractivity contribution is 0.478. The van der Waals surface area contributed by atoms with Crippen LogP contribution in [0, 0.1) is 0 Å². The van der Waals surface area contributed by atoms with Gasteiger partial charge >= 0.3 is 0 Å². The van der Waals surface area contributed by atoms with E-state index in [0.29, 0.717) is 40.3 Å². The minimum Gasteiger partial charge on any atom is -0.354 e. The third kappa shape index (κ3) is 2.77. The third-order valence-electron chi connectivity index (χ3n) is 3.88. The molecule has 0 amide bonds. The molecule has 0 saturated carbocycles. The number of nitrogens with zero attached hydrogens (tertiary/aromatic N) is 3. The monoisotopic (exact) mass is 364 g/mol. The van der Waals surface area contributed by atoms with E-state index in [1.54, 1.807) is 6.33 Å². The molecule has 0 aliphatic carbocycles. The molecule has 0 aromatic carbocycles. The molecular weight excluding hydrogens is 347 g/mol. The van der Waals surface area contributed by atoms with Crippen LogP contribution in [-0.2, 0) is 0 Å². The zero-order chi connectivity index (χ0) is 16.1. The Morgan fingerprint density at radius 2 is 1.95 bits per heavy atom. The maximum absolute atomic E-state index is 9.81. The van der Waals surface area contributed by atoms with E-state index in [2.05, 4.69) is 9.88 Å². The van der Waals surface area contributed by atoms with Gasteiger partial charge in [-0.3, -0.25) is 13.5 Å². The fourth-order valence-electron chi connectivity index (χ4n) is 2.72. The van der Waals surface area contributed by atoms with Crippen LogP contribution in [0.1, 0.15) is 18.5 Å². The summed E-state index contributed by atoms with van der Waals surface area (Å²) in [7, 11) is -2.46. The van der Waals surface area contributed by atoms with E-state index in [1.165, 1.54) is 0 Å². The van der Waals surface area contributed by atoms with Gasteiger partial charge in [0.05, 0.1) is 16.5 Å². The highest BCUT2D eigenvalue weighted by Crippen LogP contribution is 2.43. The van der Waals surface area contributed by atoms with Crippen LogP contribution in [0.25, 0.3) is 5.52 Å². The van der Waals surface area contributed by atoms with Crippen molar-refractivity contribution in [1.82, 2.24) is 9.38 Å². The van der Waals surface area contributed by atoms with Crippen molar-refractivity contribution < 1.29 is 9.11 Å². The topological polar surface area (TPSA) is 87.0 Å². The molecule has 0 spiro atoms. The fourth-order valence-corrected chi connectivity index (χ4v) is 4.53. The number of halogens is 2. The van der Waals surface area contributed by atoms with E-state index in [4.69, 9.17) is 28.9 Å². The zero-order valence-electron chi connectivity index (χ0n) is 12.0. The molecule has 4 N–H and O–H groups in total. The van der Waals surface area contributed by atoms with Crippen LogP contribution in [0.5, 0.6) is 0 Å². The summed E-state index contributed by atoms with van der Waals surface area (Å²) >= 11 is 12.4. The van der Waals surface area contributed by atoms with Gasteiger partial charge in [-0.15, -0.1) is 0 Å². The molecule has 0 radical (unpaired) electrons. The highest BCUT2D eigenvalue weighted by atomic mass is 35.5. The first-order valence-electron chi connectivity index (χ1n) is 6.89. The van der Waals surface area contributed by atoms with Crippen molar-refractivity contribution in [2.24, 2.45) is 5.73 Å². The first-order chi connectivity index (χ1) is 10.3. The van der Waals surface area contributed by atoms with Gasteiger partial charge in [-0.05, 0) is 13.0 Å². The summed E-state index contributed by atoms with van der Waals surface area (Å²) in [5.41, 5.74) is 7.61. The number of imidazole rings is 1. The molecule has 3 heterocycles. The lowest BCUT2D eigenvalue weighted by Gasteiger charge is -2.42. The molecular formula is C13H18Cl2N4O2S. The van der Waals surface area contributed by atoms with E-state index >= 15 is 0 Å². The second kappa shape index (κ2) is 5.74. The van der Waals surface area contributed by atoms with E-state index in [-0.39, 0.29) is 6.04 Å². The Hall–Kier alpha value is -0.700. The summed E-state index contributed by atoms with van der Waals surface area (Å²) in [6.45, 7) is 2.96. The first kappa shape index (κ1) is 16.2. The summed E-state index contributed by atoms with van der Waals surface area (Å²) in [6.07, 6.45) is 1.62. The molecule has 6 nitrogen and oxygen atoms in total. The molecule has 1 saturated heterocycles. The van der Waals surface area contributed by atoms with E-state index < -0.39 is 10.6 Å². The van der Waals surface area contributed by atoms with Crippen LogP contribution in [-0.4, -0.2) is 43.1 Å². The van der Waals surface area contributed by atoms with Gasteiger partial charge in [-0.1, -0.05) is 23.2 Å². The molecule has 0 bridgehead atoms. The number of anilines is 1. The Balaban J connectivity index is 2.14. The maximum atomic E-state index is 9.81. The molecule has 2 aromatic rings. The Morgan fingerprint density at radius 3 is 2.55 bits per heavy atom. The second-order valence-electron chi connectivity index (χ2n) is 5.51. The van der Waals surface area contributed by atoms with Gasteiger partial charge < -0.3 is 10.6 Å². The number of hydrogen-bond donors (Lipinski definition) is 3. The minimum absolute atomic E-state index is 0.222. The van der Waals surface area contributed by atoms with Crippen LogP contribution < -0.4 is 10.6 Å². The number of fused-ring (bicyclic) bond motifs is 1. The van der Waals surface area contributed by atoms with Crippen LogP contribution in [0.2, 0.25) is 10.2 Å². The Kier molecular flexibility index (Phi) is 4.22. The van der Waals surface area contributed by atoms with Gasteiger partial charge in [0.25, 0.3) is 0 Å². The summed E-state index contributed by atoms with van der Waals surface area (Å²) in [6, 6.07) is 1.59. The molecule has 1 fully saturated rings. The van der Waals surface area contributed by atoms with Crippen LogP contribution in [0.3, 0.4) is 0 Å². The van der Waals surface area contributed by atoms with Crippen LogP contribution in [0.4, 0.5) is 5.82 Å². The van der Waals surface area contributed by atoms with Crippen LogP contribution in [0.15, 0.2) is 12.4 Å². The predicted molar refractivity (Wildman–Crippen MR) is 92.6 cm³/mol. The highest BCUT2D eigenvalue weighted by Gasteiger charge is 2.27. The predicted octanol–water partition coefficient (Wildman–Crippen LogP) is 3.23. The smallest absolute Gasteiger partial charge is 0.156 e. The number of aromatic nitrogens is 2. The Labute approximate surface area is 140 Å². The van der Waals surface area contributed by atoms with Crippen molar-refractivity contribution in [3.05, 3.63) is 28.1 Å². The van der Waals surface area contributed by atoms with Gasteiger partial charge in [-0.2, -0.15) is 10.6 Å². The Morgan fingerprint density at radius 1 is 1.32 bits per heavy atom. The van der Waals surface area contributed by atoms with E-state index in [1.807, 2.05) is 17.4 Å². The van der Waals surface area contributed by atoms with Crippen molar-refractivity contribution in [2.75, 3.05) is 29.5 Å². The van der Waals surface area contributed by atoms with Gasteiger partial charge in [0.2, 0.25) is 0 Å².